The molecule has 0 radical (unpaired) electrons. The number of fused-ring (bicyclic) bond motifs is 1. The zero-order valence-electron chi connectivity index (χ0n) is 20.5. The molecular formula is C27H34ClN5O3. The first-order chi connectivity index (χ1) is 17.6. The van der Waals surface area contributed by atoms with Gasteiger partial charge in [0.05, 0.1) is 5.52 Å². The number of aromatic amines is 1. The van der Waals surface area contributed by atoms with Crippen molar-refractivity contribution in [3.63, 3.8) is 0 Å². The Morgan fingerprint density at radius 3 is 2.47 bits per heavy atom. The lowest BCUT2D eigenvalue weighted by Crippen LogP contribution is -2.47. The summed E-state index contributed by atoms with van der Waals surface area (Å²) < 4.78 is 11.5. The molecule has 2 N–H and O–H groups in total. The number of aromatic nitrogens is 2. The van der Waals surface area contributed by atoms with Crippen LogP contribution in [-0.4, -0.2) is 71.2 Å². The van der Waals surface area contributed by atoms with Crippen molar-refractivity contribution in [2.24, 2.45) is 0 Å². The van der Waals surface area contributed by atoms with Crippen LogP contribution in [-0.2, 0) is 0 Å². The van der Waals surface area contributed by atoms with Crippen LogP contribution in [0, 0.1) is 0 Å². The number of pyridine rings is 1. The van der Waals surface area contributed by atoms with Gasteiger partial charge >= 0.3 is 6.09 Å². The molecule has 1 aromatic carbocycles. The Labute approximate surface area is 216 Å². The maximum absolute atomic E-state index is 12.6. The molecule has 0 atom stereocenters. The summed E-state index contributed by atoms with van der Waals surface area (Å²) in [6.07, 6.45) is 6.84. The third kappa shape index (κ3) is 6.69. The smallest absolute Gasteiger partial charge is 0.414 e. The van der Waals surface area contributed by atoms with Crippen molar-refractivity contribution in [3.8, 4) is 17.5 Å². The number of ether oxygens (including phenoxy) is 2. The predicted octanol–water partition coefficient (Wildman–Crippen LogP) is 5.44. The van der Waals surface area contributed by atoms with Crippen LogP contribution < -0.4 is 14.8 Å². The zero-order valence-corrected chi connectivity index (χ0v) is 21.3. The molecule has 192 valence electrons. The number of piperidine rings is 1. The first-order valence-electron chi connectivity index (χ1n) is 13.0. The number of hydrogen-bond acceptors (Lipinski definition) is 6. The number of rotatable bonds is 7. The molecule has 0 saturated carbocycles. The maximum atomic E-state index is 12.6. The number of benzene rings is 1. The average Bonchev–Trinajstić information content (AvgIpc) is 3.10. The second-order valence-electron chi connectivity index (χ2n) is 9.66. The Morgan fingerprint density at radius 1 is 1.00 bits per heavy atom. The van der Waals surface area contributed by atoms with Crippen LogP contribution in [0.15, 0.2) is 42.5 Å². The van der Waals surface area contributed by atoms with Gasteiger partial charge in [0, 0.05) is 49.7 Å². The summed E-state index contributed by atoms with van der Waals surface area (Å²) in [5, 5.41) is 4.18. The highest BCUT2D eigenvalue weighted by Crippen LogP contribution is 2.32. The van der Waals surface area contributed by atoms with Crippen molar-refractivity contribution in [2.75, 3.05) is 39.3 Å². The summed E-state index contributed by atoms with van der Waals surface area (Å²) in [6.45, 7) is 6.75. The van der Waals surface area contributed by atoms with Gasteiger partial charge in [0.25, 0.3) is 0 Å². The highest BCUT2D eigenvalue weighted by Gasteiger charge is 2.22. The summed E-state index contributed by atoms with van der Waals surface area (Å²) in [5.74, 6) is 1.36. The molecule has 0 unspecified atom stereocenters. The van der Waals surface area contributed by atoms with Gasteiger partial charge in [0.2, 0.25) is 11.8 Å². The van der Waals surface area contributed by atoms with Crippen molar-refractivity contribution in [2.45, 2.75) is 44.6 Å². The number of nitrogens with one attached hydrogen (secondary N) is 2. The van der Waals surface area contributed by atoms with Gasteiger partial charge in [-0.1, -0.05) is 36.6 Å². The van der Waals surface area contributed by atoms with E-state index in [2.05, 4.69) is 25.1 Å². The summed E-state index contributed by atoms with van der Waals surface area (Å²) in [4.78, 5) is 25.0. The molecule has 2 aliphatic rings. The highest BCUT2D eigenvalue weighted by molar-refractivity contribution is 6.29. The lowest BCUT2D eigenvalue weighted by Gasteiger charge is -2.33. The van der Waals surface area contributed by atoms with E-state index in [4.69, 9.17) is 21.1 Å². The van der Waals surface area contributed by atoms with Gasteiger partial charge in [-0.25, -0.2) is 9.78 Å². The molecule has 36 heavy (non-hydrogen) atoms. The van der Waals surface area contributed by atoms with Crippen molar-refractivity contribution in [3.05, 3.63) is 47.6 Å². The van der Waals surface area contributed by atoms with Gasteiger partial charge in [-0.15, -0.1) is 0 Å². The zero-order chi connectivity index (χ0) is 24.7. The molecule has 4 heterocycles. The normalized spacial score (nSPS) is 18.1. The van der Waals surface area contributed by atoms with Crippen LogP contribution in [0.5, 0.6) is 17.5 Å². The Hall–Kier alpha value is -2.81. The molecule has 9 heteroatoms. The summed E-state index contributed by atoms with van der Waals surface area (Å²) in [6, 6.07) is 12.7. The molecule has 3 aromatic rings. The number of nitrogens with zero attached hydrogens (tertiary/aromatic N) is 3. The molecule has 5 rings (SSSR count). The van der Waals surface area contributed by atoms with E-state index in [9.17, 15) is 4.79 Å². The van der Waals surface area contributed by atoms with E-state index in [1.54, 1.807) is 24.3 Å². The van der Waals surface area contributed by atoms with Crippen molar-refractivity contribution < 1.29 is 14.3 Å². The van der Waals surface area contributed by atoms with E-state index in [1.807, 2.05) is 18.2 Å². The average molecular weight is 512 g/mol. The summed E-state index contributed by atoms with van der Waals surface area (Å²) >= 11 is 5.97. The molecule has 8 nitrogen and oxygen atoms in total. The largest absolute Gasteiger partial charge is 0.438 e. The van der Waals surface area contributed by atoms with Crippen molar-refractivity contribution in [1.82, 2.24) is 25.1 Å². The first-order valence-corrected chi connectivity index (χ1v) is 13.4. The van der Waals surface area contributed by atoms with Gasteiger partial charge in [-0.3, -0.25) is 0 Å². The Balaban J connectivity index is 1.10. The van der Waals surface area contributed by atoms with E-state index in [0.717, 1.165) is 49.9 Å². The molecule has 2 aliphatic heterocycles. The van der Waals surface area contributed by atoms with Gasteiger partial charge in [0.15, 0.2) is 0 Å². The third-order valence-corrected chi connectivity index (χ3v) is 7.26. The van der Waals surface area contributed by atoms with Crippen LogP contribution in [0.4, 0.5) is 4.79 Å². The van der Waals surface area contributed by atoms with Crippen LogP contribution in [0.3, 0.4) is 0 Å². The Kier molecular flexibility index (Phi) is 8.25. The summed E-state index contributed by atoms with van der Waals surface area (Å²) in [7, 11) is 0. The van der Waals surface area contributed by atoms with E-state index in [0.29, 0.717) is 22.7 Å². The minimum absolute atomic E-state index is 0.129. The monoisotopic (exact) mass is 511 g/mol. The number of amides is 1. The van der Waals surface area contributed by atoms with Gasteiger partial charge in [0.1, 0.15) is 10.9 Å². The van der Waals surface area contributed by atoms with E-state index in [-0.39, 0.29) is 6.04 Å². The minimum atomic E-state index is -0.441. The third-order valence-electron chi connectivity index (χ3n) is 7.05. The number of likely N-dealkylation sites (tertiary alicyclic amines) is 2. The molecule has 0 aliphatic carbocycles. The lowest BCUT2D eigenvalue weighted by molar-refractivity contribution is 0.157. The SMILES string of the molecule is O=C(NC1CCN(CCN2CCCCCC2)CC1)Oc1cc2c(Oc3cccc(Cl)n3)cccc2[nH]1. The van der Waals surface area contributed by atoms with Crippen molar-refractivity contribution >= 4 is 28.6 Å². The molecular weight excluding hydrogens is 478 g/mol. The van der Waals surface area contributed by atoms with Gasteiger partial charge in [-0.05, 0) is 57.0 Å². The number of halogens is 1. The quantitative estimate of drug-likeness (QED) is 0.411. The van der Waals surface area contributed by atoms with Crippen LogP contribution in [0.25, 0.3) is 10.9 Å². The fourth-order valence-corrected chi connectivity index (χ4v) is 5.20. The standard InChI is InChI=1S/C27H34ClN5O3/c28-24-9-6-10-25(31-24)35-23-8-5-7-22-21(23)19-26(30-22)36-27(34)29-20-11-15-33(16-12-20)18-17-32-13-3-1-2-4-14-32/h5-10,19-20,30H,1-4,11-18H2,(H,29,34). The number of hydrogen-bond donors (Lipinski definition) is 2. The molecule has 2 saturated heterocycles. The molecule has 0 spiro atoms. The van der Waals surface area contributed by atoms with Crippen LogP contribution in [0.2, 0.25) is 5.15 Å². The minimum Gasteiger partial charge on any atom is -0.438 e. The van der Waals surface area contributed by atoms with E-state index < -0.39 is 6.09 Å². The predicted molar refractivity (Wildman–Crippen MR) is 141 cm³/mol. The van der Waals surface area contributed by atoms with E-state index >= 15 is 0 Å². The first kappa shape index (κ1) is 24.9. The van der Waals surface area contributed by atoms with Gasteiger partial charge in [-0.2, -0.15) is 0 Å². The number of carbonyl (C=O) groups is 1. The Morgan fingerprint density at radius 2 is 1.72 bits per heavy atom. The molecule has 1 amide bonds. The lowest BCUT2D eigenvalue weighted by atomic mass is 10.1. The Bertz CT molecular complexity index is 1150. The fourth-order valence-electron chi connectivity index (χ4n) is 5.04. The number of H-pyrrole nitrogens is 1. The highest BCUT2D eigenvalue weighted by atomic mass is 35.5. The topological polar surface area (TPSA) is 82.7 Å². The van der Waals surface area contributed by atoms with E-state index in [1.165, 1.54) is 38.8 Å². The van der Waals surface area contributed by atoms with Crippen LogP contribution in [0.1, 0.15) is 38.5 Å². The fraction of sp³-hybridized carbons (Fsp3) is 0.481. The van der Waals surface area contributed by atoms with Crippen molar-refractivity contribution in [1.29, 1.82) is 0 Å². The maximum Gasteiger partial charge on any atom is 0.414 e. The van der Waals surface area contributed by atoms with Gasteiger partial charge < -0.3 is 29.6 Å². The molecule has 0 bridgehead atoms. The second-order valence-corrected chi connectivity index (χ2v) is 10.0. The molecule has 2 fully saturated rings. The second kappa shape index (κ2) is 12.0. The van der Waals surface area contributed by atoms with Crippen LogP contribution >= 0.6 is 11.6 Å². The summed E-state index contributed by atoms with van der Waals surface area (Å²) in [5.41, 5.74) is 0.801. The molecule has 2 aromatic heterocycles. The number of carbonyl (C=O) groups excluding carboxylic acids is 1.